The average molecular weight is 973 g/mol. The first-order valence-electron chi connectivity index (χ1n) is 16.7. The molecule has 296 valence electrons. The topological polar surface area (TPSA) is 170 Å². The lowest BCUT2D eigenvalue weighted by molar-refractivity contribution is 0.559. The van der Waals surface area contributed by atoms with Crippen LogP contribution in [0, 0.1) is 11.6 Å². The summed E-state index contributed by atoms with van der Waals surface area (Å²) in [6.07, 6.45) is 3.29. The van der Waals surface area contributed by atoms with Crippen molar-refractivity contribution < 1.29 is 29.8 Å². The highest BCUT2D eigenvalue weighted by Crippen LogP contribution is 2.29. The van der Waals surface area contributed by atoms with E-state index in [9.17, 15) is 17.2 Å². The van der Waals surface area contributed by atoms with E-state index in [-0.39, 0.29) is 16.5 Å². The summed E-state index contributed by atoms with van der Waals surface area (Å²) in [6.45, 7) is 1.02. The Balaban J connectivity index is 0.000000181. The Hall–Kier alpha value is -5.60. The predicted molar refractivity (Wildman–Crippen MR) is 222 cm³/mol. The molecule has 58 heavy (non-hydrogen) atoms. The number of anilines is 2. The molecule has 8 rings (SSSR count). The minimum atomic E-state index is -3.76. The Morgan fingerprint density at radius 2 is 1.02 bits per heavy atom. The summed E-state index contributed by atoms with van der Waals surface area (Å²) in [6, 6.07) is 32.8. The minimum absolute atomic E-state index is 0.0343. The van der Waals surface area contributed by atoms with Crippen LogP contribution in [0.3, 0.4) is 0 Å². The highest BCUT2D eigenvalue weighted by molar-refractivity contribution is 9.11. The molecule has 0 unspecified atom stereocenters. The van der Waals surface area contributed by atoms with Gasteiger partial charge in [0.2, 0.25) is 0 Å². The van der Waals surface area contributed by atoms with Crippen molar-refractivity contribution in [3.8, 4) is 22.5 Å². The van der Waals surface area contributed by atoms with Gasteiger partial charge in [0, 0.05) is 47.0 Å². The normalized spacial score (nSPS) is 11.0. The molecule has 20 heteroatoms. The molecule has 0 amide bonds. The fourth-order valence-electron chi connectivity index (χ4n) is 5.49. The van der Waals surface area contributed by atoms with Gasteiger partial charge in [-0.05, 0) is 79.4 Å². The molecule has 0 spiro atoms. The van der Waals surface area contributed by atoms with Crippen LogP contribution in [0.1, 0.15) is 11.1 Å². The van der Waals surface area contributed by atoms with E-state index in [0.717, 1.165) is 21.4 Å². The number of fused-ring (bicyclic) bond motifs is 2. The Morgan fingerprint density at radius 1 is 0.621 bits per heavy atom. The summed E-state index contributed by atoms with van der Waals surface area (Å²) in [5, 5.41) is 15.2. The quantitative estimate of drug-likeness (QED) is 0.133. The SMILES string of the molecule is Fc1ccccc1-c1cc(NCc2ccccc2)n2ncc(Br)c2n1.O=S(=O)(Cl)c1ccc(CNc2cc(-c3ccccc3F)nc3c(Br)cnn23)cc1.O=S(=O)=O. The lowest BCUT2D eigenvalue weighted by Crippen LogP contribution is -2.07. The van der Waals surface area contributed by atoms with Gasteiger partial charge in [-0.3, -0.25) is 0 Å². The largest absolute Gasteiger partial charge is 0.425 e. The molecule has 0 fully saturated rings. The fraction of sp³-hybridized carbons (Fsp3) is 0.0526. The summed E-state index contributed by atoms with van der Waals surface area (Å²) in [4.78, 5) is 9.10. The van der Waals surface area contributed by atoms with E-state index in [0.29, 0.717) is 57.2 Å². The van der Waals surface area contributed by atoms with Crippen molar-refractivity contribution in [2.45, 2.75) is 18.0 Å². The van der Waals surface area contributed by atoms with Gasteiger partial charge in [0.15, 0.2) is 11.3 Å². The molecule has 0 radical (unpaired) electrons. The summed E-state index contributed by atoms with van der Waals surface area (Å²) < 4.78 is 81.3. The molecule has 0 saturated heterocycles. The van der Waals surface area contributed by atoms with Crippen molar-refractivity contribution in [3.63, 3.8) is 0 Å². The van der Waals surface area contributed by atoms with Gasteiger partial charge in [0.05, 0.1) is 37.6 Å². The number of aromatic nitrogens is 6. The number of halogens is 5. The lowest BCUT2D eigenvalue weighted by atomic mass is 10.1. The molecule has 13 nitrogen and oxygen atoms in total. The molecule has 0 atom stereocenters. The second-order valence-corrected chi connectivity index (χ2v) is 16.6. The highest BCUT2D eigenvalue weighted by atomic mass is 79.9. The van der Waals surface area contributed by atoms with Crippen molar-refractivity contribution in [1.29, 1.82) is 0 Å². The van der Waals surface area contributed by atoms with Gasteiger partial charge in [0.1, 0.15) is 23.3 Å². The molecule has 4 aromatic heterocycles. The van der Waals surface area contributed by atoms with Crippen molar-refractivity contribution in [3.05, 3.63) is 159 Å². The molecule has 8 aromatic rings. The lowest BCUT2D eigenvalue weighted by Gasteiger charge is -2.11. The minimum Gasteiger partial charge on any atom is -0.366 e. The summed E-state index contributed by atoms with van der Waals surface area (Å²) in [7, 11) is -1.53. The van der Waals surface area contributed by atoms with Gasteiger partial charge < -0.3 is 10.6 Å². The molecule has 4 heterocycles. The standard InChI is InChI=1S/C19H13BrClFN4O2S.C19H14BrFN4.O3S/c20-15-11-24-26-18(23-10-12-5-7-13(8-6-12)29(21,27)28)9-17(25-19(15)26)14-3-1-2-4-16(14)22;20-15-12-23-25-18(22-11-13-6-2-1-3-7-13)10-17(24-19(15)25)14-8-4-5-9-16(14)21;1-4(2)3/h1-9,11,23H,10H2;1-10,12,22H,11H2;. The average Bonchev–Trinajstić information content (AvgIpc) is 3.78. The van der Waals surface area contributed by atoms with Gasteiger partial charge in [-0.25, -0.2) is 27.2 Å². The first-order chi connectivity index (χ1) is 27.8. The van der Waals surface area contributed by atoms with Crippen LogP contribution in [0.5, 0.6) is 0 Å². The van der Waals surface area contributed by atoms with Crippen LogP contribution in [0.15, 0.2) is 141 Å². The molecule has 0 saturated carbocycles. The maximum atomic E-state index is 14.3. The third-order valence-electron chi connectivity index (χ3n) is 8.15. The van der Waals surface area contributed by atoms with Gasteiger partial charge >= 0.3 is 10.6 Å². The molecule has 4 aromatic carbocycles. The van der Waals surface area contributed by atoms with E-state index >= 15 is 0 Å². The predicted octanol–water partition coefficient (Wildman–Crippen LogP) is 8.74. The monoisotopic (exact) mass is 970 g/mol. The zero-order valence-electron chi connectivity index (χ0n) is 29.5. The Kier molecular flexibility index (Phi) is 13.6. The number of nitrogens with one attached hydrogen (secondary N) is 2. The van der Waals surface area contributed by atoms with Crippen LogP contribution in [-0.4, -0.2) is 50.2 Å². The van der Waals surface area contributed by atoms with E-state index in [1.54, 1.807) is 76.0 Å². The van der Waals surface area contributed by atoms with Gasteiger partial charge in [0.25, 0.3) is 9.05 Å². The molecular formula is C38H27Br2ClF2N8O5S2. The first kappa shape index (κ1) is 42.0. The molecule has 0 aliphatic carbocycles. The van der Waals surface area contributed by atoms with Crippen LogP contribution >= 0.6 is 42.5 Å². The first-order valence-corrected chi connectivity index (χ1v) is 21.6. The molecule has 0 bridgehead atoms. The maximum Gasteiger partial charge on any atom is 0.425 e. The molecule has 2 N–H and O–H groups in total. The number of hydrogen-bond acceptors (Lipinski definition) is 11. The zero-order chi connectivity index (χ0) is 41.4. The van der Waals surface area contributed by atoms with Crippen LogP contribution in [-0.2, 0) is 32.7 Å². The van der Waals surface area contributed by atoms with Crippen LogP contribution in [0.4, 0.5) is 20.4 Å². The maximum absolute atomic E-state index is 14.3. The fourth-order valence-corrected chi connectivity index (χ4v) is 6.95. The van der Waals surface area contributed by atoms with E-state index in [1.165, 1.54) is 24.3 Å². The van der Waals surface area contributed by atoms with Crippen LogP contribution < -0.4 is 10.6 Å². The van der Waals surface area contributed by atoms with E-state index in [4.69, 9.17) is 23.3 Å². The van der Waals surface area contributed by atoms with Gasteiger partial charge in [-0.2, -0.15) is 19.2 Å². The van der Waals surface area contributed by atoms with Crippen molar-refractivity contribution in [2.24, 2.45) is 0 Å². The van der Waals surface area contributed by atoms with E-state index < -0.39 is 19.7 Å². The smallest absolute Gasteiger partial charge is 0.366 e. The summed E-state index contributed by atoms with van der Waals surface area (Å²) in [5.41, 5.74) is 5.01. The highest BCUT2D eigenvalue weighted by Gasteiger charge is 2.16. The van der Waals surface area contributed by atoms with E-state index in [1.807, 2.05) is 36.4 Å². The third kappa shape index (κ3) is 10.5. The number of benzene rings is 4. The molecule has 0 aliphatic heterocycles. The zero-order valence-corrected chi connectivity index (χ0v) is 35.0. The van der Waals surface area contributed by atoms with E-state index in [2.05, 4.69) is 62.7 Å². The Morgan fingerprint density at radius 3 is 1.43 bits per heavy atom. The molecular weight excluding hydrogens is 946 g/mol. The van der Waals surface area contributed by atoms with Crippen LogP contribution in [0.2, 0.25) is 0 Å². The molecule has 0 aliphatic rings. The van der Waals surface area contributed by atoms with Crippen molar-refractivity contribution in [2.75, 3.05) is 10.6 Å². The van der Waals surface area contributed by atoms with Crippen molar-refractivity contribution >= 4 is 85.1 Å². The second-order valence-electron chi connectivity index (χ2n) is 11.9. The second kappa shape index (κ2) is 18.8. The number of rotatable bonds is 9. The Bertz CT molecular complexity index is 2960. The Labute approximate surface area is 352 Å². The summed E-state index contributed by atoms with van der Waals surface area (Å²) in [5.74, 6) is 0.679. The number of nitrogens with zero attached hydrogens (tertiary/aromatic N) is 6. The van der Waals surface area contributed by atoms with Crippen molar-refractivity contribution in [1.82, 2.24) is 29.2 Å². The van der Waals surface area contributed by atoms with Crippen LogP contribution in [0.25, 0.3) is 33.8 Å². The van der Waals surface area contributed by atoms with Gasteiger partial charge in [-0.1, -0.05) is 66.7 Å². The number of hydrogen-bond donors (Lipinski definition) is 2. The van der Waals surface area contributed by atoms with Gasteiger partial charge in [-0.15, -0.1) is 12.6 Å². The summed E-state index contributed by atoms with van der Waals surface area (Å²) >= 11 is 6.87. The third-order valence-corrected chi connectivity index (χ3v) is 10.6.